The number of aryl methyl sites for hydroxylation is 1. The van der Waals surface area contributed by atoms with Crippen molar-refractivity contribution in [1.29, 1.82) is 0 Å². The number of nitrogens with one attached hydrogen (secondary N) is 1. The minimum atomic E-state index is -0.341. The van der Waals surface area contributed by atoms with E-state index in [0.717, 1.165) is 11.3 Å². The molecule has 2 rings (SSSR count). The maximum absolute atomic E-state index is 6.11. The van der Waals surface area contributed by atoms with Crippen molar-refractivity contribution in [2.24, 2.45) is 12.9 Å². The van der Waals surface area contributed by atoms with Gasteiger partial charge in [0, 0.05) is 12.6 Å². The van der Waals surface area contributed by atoms with Gasteiger partial charge in [-0.15, -0.1) is 11.3 Å². The third-order valence-electron chi connectivity index (χ3n) is 2.37. The lowest BCUT2D eigenvalue weighted by atomic mass is 10.1. The molecule has 8 heteroatoms. The molecule has 2 heterocycles. The first kappa shape index (κ1) is 13.1. The molecule has 4 nitrogen and oxygen atoms in total. The molecule has 0 spiro atoms. The van der Waals surface area contributed by atoms with Crippen LogP contribution in [-0.4, -0.2) is 9.78 Å². The first-order chi connectivity index (χ1) is 8.04. The van der Waals surface area contributed by atoms with Crippen molar-refractivity contribution < 1.29 is 0 Å². The van der Waals surface area contributed by atoms with Gasteiger partial charge in [0.2, 0.25) is 0 Å². The molecule has 92 valence electrons. The summed E-state index contributed by atoms with van der Waals surface area (Å²) in [6, 6.07) is 1.42. The molecule has 0 aliphatic carbocycles. The molecule has 0 fully saturated rings. The van der Waals surface area contributed by atoms with Gasteiger partial charge in [-0.3, -0.25) is 10.5 Å². The van der Waals surface area contributed by atoms with E-state index >= 15 is 0 Å². The van der Waals surface area contributed by atoms with Gasteiger partial charge < -0.3 is 0 Å². The van der Waals surface area contributed by atoms with E-state index in [9.17, 15) is 0 Å². The molecule has 0 radical (unpaired) electrons. The molecule has 1 atom stereocenters. The average Bonchev–Trinajstić information content (AvgIpc) is 2.76. The minimum absolute atomic E-state index is 0.341. The molecule has 0 amide bonds. The number of nitrogens with zero attached hydrogens (tertiary/aromatic N) is 2. The number of aromatic nitrogens is 2. The van der Waals surface area contributed by atoms with Crippen molar-refractivity contribution in [3.05, 3.63) is 37.2 Å². The third kappa shape index (κ3) is 2.45. The van der Waals surface area contributed by atoms with Gasteiger partial charge in [0.1, 0.15) is 0 Å². The zero-order valence-electron chi connectivity index (χ0n) is 8.75. The zero-order valence-corrected chi connectivity index (χ0v) is 11.8. The van der Waals surface area contributed by atoms with Gasteiger partial charge in [0.15, 0.2) is 0 Å². The van der Waals surface area contributed by atoms with E-state index in [0.29, 0.717) is 13.7 Å². The Morgan fingerprint density at radius 2 is 2.18 bits per heavy atom. The van der Waals surface area contributed by atoms with Crippen LogP contribution in [0.15, 0.2) is 12.3 Å². The van der Waals surface area contributed by atoms with Gasteiger partial charge in [-0.1, -0.05) is 34.8 Å². The SMILES string of the molecule is Cn1ncc(Cl)c1C(NN)c1cc(Cl)sc1Cl. The highest BCUT2D eigenvalue weighted by Gasteiger charge is 2.23. The van der Waals surface area contributed by atoms with Crippen molar-refractivity contribution in [2.45, 2.75) is 6.04 Å². The second-order valence-corrected chi connectivity index (χ2v) is 6.07. The predicted molar refractivity (Wildman–Crippen MR) is 71.7 cm³/mol. The largest absolute Gasteiger partial charge is 0.271 e. The third-order valence-corrected chi connectivity index (χ3v) is 4.18. The molecule has 2 aromatic rings. The Labute approximate surface area is 117 Å². The molecule has 0 bridgehead atoms. The number of nitrogens with two attached hydrogens (primary N) is 1. The summed E-state index contributed by atoms with van der Waals surface area (Å²) in [4.78, 5) is 0. The molecular weight excluding hydrogens is 303 g/mol. The van der Waals surface area contributed by atoms with Crippen molar-refractivity contribution in [1.82, 2.24) is 15.2 Å². The highest BCUT2D eigenvalue weighted by atomic mass is 35.5. The Morgan fingerprint density at radius 3 is 2.59 bits per heavy atom. The lowest BCUT2D eigenvalue weighted by molar-refractivity contribution is 0.576. The van der Waals surface area contributed by atoms with E-state index in [2.05, 4.69) is 10.5 Å². The van der Waals surface area contributed by atoms with E-state index in [1.807, 2.05) is 0 Å². The molecular formula is C9H9Cl3N4S. The lowest BCUT2D eigenvalue weighted by Gasteiger charge is -2.16. The average molecular weight is 312 g/mol. The highest BCUT2D eigenvalue weighted by molar-refractivity contribution is 7.20. The molecule has 0 aliphatic rings. The molecule has 0 saturated heterocycles. The van der Waals surface area contributed by atoms with Crippen LogP contribution in [0.25, 0.3) is 0 Å². The summed E-state index contributed by atoms with van der Waals surface area (Å²) in [7, 11) is 1.79. The Kier molecular flexibility index (Phi) is 3.97. The van der Waals surface area contributed by atoms with Crippen LogP contribution >= 0.6 is 46.1 Å². The standard InChI is InChI=1S/C9H9Cl3N4S/c1-16-8(5(10)3-14-16)7(15-13)4-2-6(11)17-9(4)12/h2-3,7,15H,13H2,1H3. The van der Waals surface area contributed by atoms with Gasteiger partial charge in [-0.2, -0.15) is 5.10 Å². The summed E-state index contributed by atoms with van der Waals surface area (Å²) < 4.78 is 2.83. The predicted octanol–water partition coefficient (Wildman–Crippen LogP) is 2.99. The Hall–Kier alpha value is -0.300. The zero-order chi connectivity index (χ0) is 12.6. The molecule has 0 aromatic carbocycles. The van der Waals surface area contributed by atoms with Gasteiger partial charge in [0.25, 0.3) is 0 Å². The lowest BCUT2D eigenvalue weighted by Crippen LogP contribution is -2.30. The molecule has 1 unspecified atom stereocenters. The molecule has 3 N–H and O–H groups in total. The van der Waals surface area contributed by atoms with Crippen LogP contribution in [0.1, 0.15) is 17.3 Å². The number of hydrazine groups is 1. The van der Waals surface area contributed by atoms with E-state index in [-0.39, 0.29) is 6.04 Å². The number of thiophene rings is 1. The fourth-order valence-corrected chi connectivity index (χ4v) is 3.42. The maximum atomic E-state index is 6.11. The Balaban J connectivity index is 2.51. The van der Waals surface area contributed by atoms with Crippen LogP contribution in [0.4, 0.5) is 0 Å². The number of rotatable bonds is 3. The first-order valence-corrected chi connectivity index (χ1v) is 6.58. The van der Waals surface area contributed by atoms with Gasteiger partial charge >= 0.3 is 0 Å². The summed E-state index contributed by atoms with van der Waals surface area (Å²) in [5.74, 6) is 5.57. The molecule has 0 saturated carbocycles. The Morgan fingerprint density at radius 1 is 1.47 bits per heavy atom. The summed E-state index contributed by atoms with van der Waals surface area (Å²) in [5.41, 5.74) is 4.20. The summed E-state index contributed by atoms with van der Waals surface area (Å²) >= 11 is 19.4. The normalized spacial score (nSPS) is 13.0. The van der Waals surface area contributed by atoms with E-state index in [1.54, 1.807) is 24.0 Å². The molecule has 2 aromatic heterocycles. The van der Waals surface area contributed by atoms with Crippen LogP contribution in [0, 0.1) is 0 Å². The smallest absolute Gasteiger partial charge is 0.0996 e. The second-order valence-electron chi connectivity index (χ2n) is 3.38. The second kappa shape index (κ2) is 5.14. The fourth-order valence-electron chi connectivity index (χ4n) is 1.61. The van der Waals surface area contributed by atoms with Crippen molar-refractivity contribution in [3.63, 3.8) is 0 Å². The maximum Gasteiger partial charge on any atom is 0.0996 e. The number of halogens is 3. The van der Waals surface area contributed by atoms with Crippen LogP contribution in [0.2, 0.25) is 13.7 Å². The van der Waals surface area contributed by atoms with E-state index < -0.39 is 0 Å². The minimum Gasteiger partial charge on any atom is -0.271 e. The topological polar surface area (TPSA) is 55.9 Å². The van der Waals surface area contributed by atoms with E-state index in [1.165, 1.54) is 11.3 Å². The van der Waals surface area contributed by atoms with E-state index in [4.69, 9.17) is 40.6 Å². The molecule has 17 heavy (non-hydrogen) atoms. The van der Waals surface area contributed by atoms with Crippen LogP contribution in [0.3, 0.4) is 0 Å². The van der Waals surface area contributed by atoms with Gasteiger partial charge in [-0.05, 0) is 6.07 Å². The highest BCUT2D eigenvalue weighted by Crippen LogP contribution is 2.38. The van der Waals surface area contributed by atoms with Crippen molar-refractivity contribution in [2.75, 3.05) is 0 Å². The summed E-state index contributed by atoms with van der Waals surface area (Å²) in [6.07, 6.45) is 1.56. The number of hydrogen-bond donors (Lipinski definition) is 2. The summed E-state index contributed by atoms with van der Waals surface area (Å²) in [6.45, 7) is 0. The number of hydrogen-bond acceptors (Lipinski definition) is 4. The van der Waals surface area contributed by atoms with Gasteiger partial charge in [-0.25, -0.2) is 5.43 Å². The van der Waals surface area contributed by atoms with Gasteiger partial charge in [0.05, 0.1) is 31.6 Å². The molecule has 0 aliphatic heterocycles. The van der Waals surface area contributed by atoms with Crippen LogP contribution in [-0.2, 0) is 7.05 Å². The van der Waals surface area contributed by atoms with Crippen molar-refractivity contribution in [3.8, 4) is 0 Å². The van der Waals surface area contributed by atoms with Crippen LogP contribution in [0.5, 0.6) is 0 Å². The van der Waals surface area contributed by atoms with Crippen LogP contribution < -0.4 is 11.3 Å². The monoisotopic (exact) mass is 310 g/mol. The summed E-state index contributed by atoms with van der Waals surface area (Å²) in [5, 5.41) is 4.59. The fraction of sp³-hybridized carbons (Fsp3) is 0.222. The van der Waals surface area contributed by atoms with Crippen molar-refractivity contribution >= 4 is 46.1 Å². The Bertz CT molecular complexity index is 517. The first-order valence-electron chi connectivity index (χ1n) is 4.62. The quantitative estimate of drug-likeness (QED) is 0.677.